The van der Waals surface area contributed by atoms with Crippen molar-refractivity contribution in [2.45, 2.75) is 6.92 Å². The molecule has 0 bridgehead atoms. The fourth-order valence-corrected chi connectivity index (χ4v) is 3.40. The van der Waals surface area contributed by atoms with Gasteiger partial charge in [-0.05, 0) is 25.1 Å². The fraction of sp³-hybridized carbons (Fsp3) is 0.474. The molecular formula is C19H28N4O4+2. The number of hydrogen-bond donors (Lipinski definition) is 4. The van der Waals surface area contributed by atoms with Crippen molar-refractivity contribution in [3.05, 3.63) is 23.9 Å². The van der Waals surface area contributed by atoms with E-state index in [1.807, 2.05) is 6.07 Å². The number of H-pyrrole nitrogens is 1. The number of hydrogen-bond acceptors (Lipinski definition) is 4. The molecule has 0 spiro atoms. The molecule has 1 fully saturated rings. The molecule has 4 N–H and O–H groups in total. The maximum Gasteiger partial charge on any atom is 0.356 e. The van der Waals surface area contributed by atoms with Crippen molar-refractivity contribution in [1.82, 2.24) is 4.98 Å². The molecule has 8 nitrogen and oxygen atoms in total. The number of rotatable bonds is 6. The Morgan fingerprint density at radius 1 is 1.22 bits per heavy atom. The van der Waals surface area contributed by atoms with Gasteiger partial charge in [0.15, 0.2) is 6.54 Å². The van der Waals surface area contributed by atoms with E-state index in [-0.39, 0.29) is 18.2 Å². The van der Waals surface area contributed by atoms with Gasteiger partial charge in [-0.2, -0.15) is 0 Å². The van der Waals surface area contributed by atoms with Gasteiger partial charge in [-0.1, -0.05) is 0 Å². The Kier molecular flexibility index (Phi) is 5.98. The summed E-state index contributed by atoms with van der Waals surface area (Å²) >= 11 is 0. The highest BCUT2D eigenvalue weighted by Crippen LogP contribution is 2.31. The number of aromatic amines is 1. The number of nitrogens with one attached hydrogen (secondary N) is 4. The van der Waals surface area contributed by atoms with Gasteiger partial charge in [-0.15, -0.1) is 0 Å². The van der Waals surface area contributed by atoms with Crippen molar-refractivity contribution >= 4 is 28.5 Å². The zero-order chi connectivity index (χ0) is 19.4. The number of amides is 1. The molecule has 27 heavy (non-hydrogen) atoms. The van der Waals surface area contributed by atoms with E-state index in [1.54, 1.807) is 26.2 Å². The summed E-state index contributed by atoms with van der Waals surface area (Å²) in [5.74, 6) is 0.0532. The molecule has 2 heterocycles. The molecule has 1 aliphatic rings. The third kappa shape index (κ3) is 4.40. The average molecular weight is 376 g/mol. The molecule has 146 valence electrons. The number of quaternary nitrogens is 2. The van der Waals surface area contributed by atoms with E-state index in [1.165, 1.54) is 9.80 Å². The van der Waals surface area contributed by atoms with Gasteiger partial charge in [0.05, 0.1) is 26.5 Å². The highest BCUT2D eigenvalue weighted by Gasteiger charge is 2.25. The molecule has 1 aliphatic heterocycles. The predicted octanol–water partition coefficient (Wildman–Crippen LogP) is -1.30. The number of piperazine rings is 1. The van der Waals surface area contributed by atoms with Crippen molar-refractivity contribution in [3.63, 3.8) is 0 Å². The van der Waals surface area contributed by atoms with Crippen molar-refractivity contribution in [2.75, 3.05) is 58.8 Å². The number of likely N-dealkylation sites (N-methyl/N-ethyl adjacent to an activating group) is 1. The smallest absolute Gasteiger partial charge is 0.356 e. The second kappa shape index (κ2) is 8.41. The molecule has 0 aliphatic carbocycles. The topological polar surface area (TPSA) is 89.3 Å². The Morgan fingerprint density at radius 2 is 1.96 bits per heavy atom. The zero-order valence-electron chi connectivity index (χ0n) is 16.1. The molecule has 1 amide bonds. The van der Waals surface area contributed by atoms with Crippen LogP contribution in [0.2, 0.25) is 0 Å². The number of ether oxygens (including phenoxy) is 2. The summed E-state index contributed by atoms with van der Waals surface area (Å²) in [6, 6.07) is 5.42. The molecule has 0 atom stereocenters. The lowest BCUT2D eigenvalue weighted by Crippen LogP contribution is -3.27. The minimum atomic E-state index is -0.487. The monoisotopic (exact) mass is 376 g/mol. The summed E-state index contributed by atoms with van der Waals surface area (Å²) in [5.41, 5.74) is 1.45. The van der Waals surface area contributed by atoms with Crippen LogP contribution in [0.4, 0.5) is 5.69 Å². The fourth-order valence-electron chi connectivity index (χ4n) is 3.40. The SMILES string of the molecule is CCOC(=O)c1[nH]c2ccc(OC)cc2c1NC(=O)C[NH+]1CC[NH+](C)CC1. The Bertz CT molecular complexity index is 824. The van der Waals surface area contributed by atoms with Crippen LogP contribution in [0.5, 0.6) is 5.75 Å². The summed E-state index contributed by atoms with van der Waals surface area (Å²) < 4.78 is 10.4. The summed E-state index contributed by atoms with van der Waals surface area (Å²) in [4.78, 5) is 30.8. The van der Waals surface area contributed by atoms with E-state index in [0.717, 1.165) is 37.1 Å². The standard InChI is InChI=1S/C19H26N4O4/c1-4-27-19(25)18-17(14-11-13(26-3)5-6-15(14)20-18)21-16(24)12-23-9-7-22(2)8-10-23/h5-6,11,20H,4,7-10,12H2,1-3H3,(H,21,24)/p+2. The van der Waals surface area contributed by atoms with Crippen LogP contribution in [-0.4, -0.2) is 70.3 Å². The van der Waals surface area contributed by atoms with Crippen LogP contribution in [0.3, 0.4) is 0 Å². The highest BCUT2D eigenvalue weighted by molar-refractivity contribution is 6.11. The average Bonchev–Trinajstić information content (AvgIpc) is 3.01. The van der Waals surface area contributed by atoms with Crippen molar-refractivity contribution in [1.29, 1.82) is 0 Å². The van der Waals surface area contributed by atoms with E-state index in [4.69, 9.17) is 9.47 Å². The van der Waals surface area contributed by atoms with Crippen molar-refractivity contribution in [3.8, 4) is 5.75 Å². The number of esters is 1. The van der Waals surface area contributed by atoms with Crippen LogP contribution >= 0.6 is 0 Å². The van der Waals surface area contributed by atoms with E-state index >= 15 is 0 Å². The van der Waals surface area contributed by atoms with Gasteiger partial charge in [0.2, 0.25) is 0 Å². The first-order valence-corrected chi connectivity index (χ1v) is 9.33. The van der Waals surface area contributed by atoms with Crippen LogP contribution in [-0.2, 0) is 9.53 Å². The first-order valence-electron chi connectivity index (χ1n) is 9.33. The lowest BCUT2D eigenvalue weighted by Gasteiger charge is -2.26. The number of benzene rings is 1. The lowest BCUT2D eigenvalue weighted by atomic mass is 10.2. The van der Waals surface area contributed by atoms with E-state index < -0.39 is 5.97 Å². The lowest BCUT2D eigenvalue weighted by molar-refractivity contribution is -0.999. The summed E-state index contributed by atoms with van der Waals surface area (Å²) in [6.07, 6.45) is 0. The van der Waals surface area contributed by atoms with E-state index in [0.29, 0.717) is 18.0 Å². The van der Waals surface area contributed by atoms with E-state index in [2.05, 4.69) is 17.3 Å². The van der Waals surface area contributed by atoms with E-state index in [9.17, 15) is 9.59 Å². The quantitative estimate of drug-likeness (QED) is 0.472. The highest BCUT2D eigenvalue weighted by atomic mass is 16.5. The third-order valence-electron chi connectivity index (χ3n) is 4.97. The van der Waals surface area contributed by atoms with Gasteiger partial charge >= 0.3 is 5.97 Å². The molecular weight excluding hydrogens is 348 g/mol. The van der Waals surface area contributed by atoms with Crippen LogP contribution in [0, 0.1) is 0 Å². The molecule has 8 heteroatoms. The molecule has 0 saturated carbocycles. The minimum absolute atomic E-state index is 0.112. The van der Waals surface area contributed by atoms with Crippen LogP contribution in [0.1, 0.15) is 17.4 Å². The van der Waals surface area contributed by atoms with Gasteiger partial charge in [0, 0.05) is 10.9 Å². The summed E-state index contributed by atoms with van der Waals surface area (Å²) in [6.45, 7) is 6.44. The Labute approximate surface area is 158 Å². The van der Waals surface area contributed by atoms with Crippen LogP contribution in [0.25, 0.3) is 10.9 Å². The van der Waals surface area contributed by atoms with Crippen molar-refractivity contribution in [2.24, 2.45) is 0 Å². The van der Waals surface area contributed by atoms with Gasteiger partial charge in [0.25, 0.3) is 5.91 Å². The zero-order valence-corrected chi connectivity index (χ0v) is 16.1. The number of carbonyl (C=O) groups excluding carboxylic acids is 2. The Balaban J connectivity index is 1.84. The van der Waals surface area contributed by atoms with Crippen LogP contribution < -0.4 is 19.9 Å². The van der Waals surface area contributed by atoms with Crippen LogP contribution in [0.15, 0.2) is 18.2 Å². The summed E-state index contributed by atoms with van der Waals surface area (Å²) in [7, 11) is 3.75. The molecule has 1 aromatic carbocycles. The van der Waals surface area contributed by atoms with Crippen molar-refractivity contribution < 1.29 is 28.9 Å². The first kappa shape index (κ1) is 19.2. The second-order valence-corrected chi connectivity index (χ2v) is 6.94. The van der Waals surface area contributed by atoms with Gasteiger partial charge < -0.3 is 29.6 Å². The Hall–Kier alpha value is -2.58. The minimum Gasteiger partial charge on any atom is -0.497 e. The maximum absolute atomic E-state index is 12.7. The predicted molar refractivity (Wildman–Crippen MR) is 102 cm³/mol. The van der Waals surface area contributed by atoms with Gasteiger partial charge in [-0.3, -0.25) is 4.79 Å². The van der Waals surface area contributed by atoms with Gasteiger partial charge in [0.1, 0.15) is 37.6 Å². The number of aromatic nitrogens is 1. The molecule has 2 aromatic rings. The second-order valence-electron chi connectivity index (χ2n) is 6.94. The molecule has 0 radical (unpaired) electrons. The molecule has 3 rings (SSSR count). The summed E-state index contributed by atoms with van der Waals surface area (Å²) in [5, 5.41) is 3.65. The molecule has 1 saturated heterocycles. The largest absolute Gasteiger partial charge is 0.497 e. The number of fused-ring (bicyclic) bond motifs is 1. The number of methoxy groups -OCH3 is 1. The third-order valence-corrected chi connectivity index (χ3v) is 4.97. The maximum atomic E-state index is 12.7. The first-order chi connectivity index (χ1) is 13.0. The molecule has 1 aromatic heterocycles. The Morgan fingerprint density at radius 3 is 2.63 bits per heavy atom. The normalized spacial score (nSPS) is 19.7. The number of carbonyl (C=O) groups is 2. The van der Waals surface area contributed by atoms with Gasteiger partial charge in [-0.25, -0.2) is 4.79 Å². The molecule has 0 unspecified atom stereocenters. The number of anilines is 1.